The number of hydrogen-bond donors (Lipinski definition) is 2. The maximum absolute atomic E-state index is 11.3. The smallest absolute Gasteiger partial charge is 0.244 e. The van der Waals surface area contributed by atoms with E-state index in [0.717, 1.165) is 0 Å². The summed E-state index contributed by atoms with van der Waals surface area (Å²) in [4.78, 5) is 23.9. The maximum atomic E-state index is 11.3. The van der Waals surface area contributed by atoms with E-state index in [9.17, 15) is 9.59 Å². The first-order valence-corrected chi connectivity index (χ1v) is 4.48. The molecule has 1 atom stereocenters. The Kier molecular flexibility index (Phi) is 3.79. The summed E-state index contributed by atoms with van der Waals surface area (Å²) in [5.74, 6) is -0.544. The van der Waals surface area contributed by atoms with Crippen LogP contribution in [0.2, 0.25) is 0 Å². The summed E-state index contributed by atoms with van der Waals surface area (Å²) in [5.41, 5.74) is 0. The number of carbonyl (C=O) groups is 2. The fraction of sp³-hybridized carbons (Fsp3) is 0.556. The molecule has 0 aromatic carbocycles. The van der Waals surface area contributed by atoms with Crippen molar-refractivity contribution in [2.24, 2.45) is 0 Å². The zero-order chi connectivity index (χ0) is 10.6. The molecule has 0 aliphatic carbocycles. The first-order valence-electron chi connectivity index (χ1n) is 4.48. The number of nitrogens with zero attached hydrogens (tertiary/aromatic N) is 1. The molecular weight excluding hydrogens is 184 g/mol. The van der Waals surface area contributed by atoms with E-state index in [1.54, 1.807) is 11.0 Å². The molecule has 1 aliphatic rings. The van der Waals surface area contributed by atoms with Gasteiger partial charge in [0.25, 0.3) is 0 Å². The molecule has 1 saturated heterocycles. The van der Waals surface area contributed by atoms with Crippen LogP contribution in [0.3, 0.4) is 0 Å². The minimum atomic E-state index is -0.451. The van der Waals surface area contributed by atoms with Gasteiger partial charge in [-0.3, -0.25) is 19.8 Å². The van der Waals surface area contributed by atoms with Gasteiger partial charge in [0.1, 0.15) is 0 Å². The highest BCUT2D eigenvalue weighted by Gasteiger charge is 2.34. The maximum Gasteiger partial charge on any atom is 0.244 e. The van der Waals surface area contributed by atoms with Crippen molar-refractivity contribution in [3.05, 3.63) is 12.7 Å². The zero-order valence-electron chi connectivity index (χ0n) is 7.90. The van der Waals surface area contributed by atoms with Gasteiger partial charge in [0.05, 0.1) is 19.1 Å². The average molecular weight is 198 g/mol. The van der Waals surface area contributed by atoms with Gasteiger partial charge < -0.3 is 5.11 Å². The predicted octanol–water partition coefficient (Wildman–Crippen LogP) is -1.12. The number of imide groups is 1. The normalized spacial score (nSPS) is 21.4. The van der Waals surface area contributed by atoms with Crippen LogP contribution in [0.4, 0.5) is 0 Å². The highest BCUT2D eigenvalue weighted by molar-refractivity contribution is 6.05. The second-order valence-electron chi connectivity index (χ2n) is 3.14. The molecule has 1 unspecified atom stereocenters. The topological polar surface area (TPSA) is 69.6 Å². The Labute approximate surface area is 82.4 Å². The first-order chi connectivity index (χ1) is 6.69. The Bertz CT molecular complexity index is 252. The van der Waals surface area contributed by atoms with Crippen molar-refractivity contribution in [1.29, 1.82) is 0 Å². The van der Waals surface area contributed by atoms with Gasteiger partial charge in [0.15, 0.2) is 0 Å². The minimum absolute atomic E-state index is 0.0359. The van der Waals surface area contributed by atoms with Crippen molar-refractivity contribution in [3.63, 3.8) is 0 Å². The zero-order valence-corrected chi connectivity index (χ0v) is 7.90. The SMILES string of the molecule is C=CCN(CCO)C1CC(=O)NC1=O. The number of rotatable bonds is 5. The van der Waals surface area contributed by atoms with Gasteiger partial charge in [0.2, 0.25) is 11.8 Å². The van der Waals surface area contributed by atoms with Crippen LogP contribution in [-0.4, -0.2) is 47.6 Å². The summed E-state index contributed by atoms with van der Waals surface area (Å²) in [6.07, 6.45) is 1.82. The number of aliphatic hydroxyl groups excluding tert-OH is 1. The summed E-state index contributed by atoms with van der Waals surface area (Å²) < 4.78 is 0. The molecule has 1 rings (SSSR count). The van der Waals surface area contributed by atoms with E-state index in [1.807, 2.05) is 0 Å². The van der Waals surface area contributed by atoms with E-state index in [-0.39, 0.29) is 24.8 Å². The van der Waals surface area contributed by atoms with Crippen LogP contribution in [0.5, 0.6) is 0 Å². The quantitative estimate of drug-likeness (QED) is 0.434. The van der Waals surface area contributed by atoms with Gasteiger partial charge in [-0.1, -0.05) is 6.08 Å². The lowest BCUT2D eigenvalue weighted by atomic mass is 10.2. The van der Waals surface area contributed by atoms with E-state index in [1.165, 1.54) is 0 Å². The summed E-state index contributed by atoms with van der Waals surface area (Å²) >= 11 is 0. The first kappa shape index (κ1) is 10.9. The molecule has 5 nitrogen and oxygen atoms in total. The van der Waals surface area contributed by atoms with Gasteiger partial charge in [-0.2, -0.15) is 0 Å². The van der Waals surface area contributed by atoms with Crippen LogP contribution in [-0.2, 0) is 9.59 Å². The molecule has 2 amide bonds. The van der Waals surface area contributed by atoms with Crippen molar-refractivity contribution in [2.45, 2.75) is 12.5 Å². The molecule has 2 N–H and O–H groups in total. The number of hydrogen-bond acceptors (Lipinski definition) is 4. The van der Waals surface area contributed by atoms with E-state index in [4.69, 9.17) is 5.11 Å². The van der Waals surface area contributed by atoms with Gasteiger partial charge in [-0.15, -0.1) is 6.58 Å². The Morgan fingerprint density at radius 3 is 2.79 bits per heavy atom. The van der Waals surface area contributed by atoms with Crippen LogP contribution < -0.4 is 5.32 Å². The lowest BCUT2D eigenvalue weighted by Crippen LogP contribution is -2.42. The number of carbonyl (C=O) groups excluding carboxylic acids is 2. The second-order valence-corrected chi connectivity index (χ2v) is 3.14. The Balaban J connectivity index is 2.62. The van der Waals surface area contributed by atoms with Gasteiger partial charge >= 0.3 is 0 Å². The van der Waals surface area contributed by atoms with Crippen molar-refractivity contribution >= 4 is 11.8 Å². The third-order valence-corrected chi connectivity index (χ3v) is 2.14. The van der Waals surface area contributed by atoms with E-state index in [2.05, 4.69) is 11.9 Å². The molecule has 1 aliphatic heterocycles. The van der Waals surface area contributed by atoms with Crippen molar-refractivity contribution < 1.29 is 14.7 Å². The molecule has 1 heterocycles. The van der Waals surface area contributed by atoms with E-state index < -0.39 is 6.04 Å². The van der Waals surface area contributed by atoms with Crippen molar-refractivity contribution in [2.75, 3.05) is 19.7 Å². The lowest BCUT2D eigenvalue weighted by molar-refractivity contribution is -0.126. The van der Waals surface area contributed by atoms with Crippen LogP contribution >= 0.6 is 0 Å². The van der Waals surface area contributed by atoms with Crippen molar-refractivity contribution in [1.82, 2.24) is 10.2 Å². The highest BCUT2D eigenvalue weighted by Crippen LogP contribution is 2.10. The van der Waals surface area contributed by atoms with Crippen LogP contribution in [0.15, 0.2) is 12.7 Å². The summed E-state index contributed by atoms with van der Waals surface area (Å²) in [6.45, 7) is 4.39. The third kappa shape index (κ3) is 2.40. The van der Waals surface area contributed by atoms with Gasteiger partial charge in [0, 0.05) is 13.1 Å². The van der Waals surface area contributed by atoms with Crippen LogP contribution in [0, 0.1) is 0 Å². The molecule has 0 aromatic rings. The largest absolute Gasteiger partial charge is 0.395 e. The molecule has 0 bridgehead atoms. The Morgan fingerprint density at radius 2 is 2.36 bits per heavy atom. The van der Waals surface area contributed by atoms with Crippen LogP contribution in [0.1, 0.15) is 6.42 Å². The predicted molar refractivity (Wildman–Crippen MR) is 50.4 cm³/mol. The Morgan fingerprint density at radius 1 is 1.64 bits per heavy atom. The summed E-state index contributed by atoms with van der Waals surface area (Å²) in [7, 11) is 0. The number of nitrogens with one attached hydrogen (secondary N) is 1. The molecule has 0 spiro atoms. The van der Waals surface area contributed by atoms with Crippen LogP contribution in [0.25, 0.3) is 0 Å². The third-order valence-electron chi connectivity index (χ3n) is 2.14. The lowest BCUT2D eigenvalue weighted by Gasteiger charge is -2.23. The van der Waals surface area contributed by atoms with E-state index >= 15 is 0 Å². The Hall–Kier alpha value is -1.20. The van der Waals surface area contributed by atoms with Gasteiger partial charge in [-0.05, 0) is 0 Å². The number of aliphatic hydroxyl groups is 1. The van der Waals surface area contributed by atoms with Gasteiger partial charge in [-0.25, -0.2) is 0 Å². The molecule has 0 aromatic heterocycles. The monoisotopic (exact) mass is 198 g/mol. The molecule has 1 fully saturated rings. The fourth-order valence-electron chi connectivity index (χ4n) is 1.50. The van der Waals surface area contributed by atoms with Crippen molar-refractivity contribution in [3.8, 4) is 0 Å². The molecular formula is C9H14N2O3. The average Bonchev–Trinajstić information content (AvgIpc) is 2.45. The second kappa shape index (κ2) is 4.88. The fourth-order valence-corrected chi connectivity index (χ4v) is 1.50. The molecule has 5 heteroatoms. The molecule has 14 heavy (non-hydrogen) atoms. The van der Waals surface area contributed by atoms with E-state index in [0.29, 0.717) is 13.1 Å². The molecule has 78 valence electrons. The standard InChI is InChI=1S/C9H14N2O3/c1-2-3-11(4-5-12)7-6-8(13)10-9(7)14/h2,7,12H,1,3-6H2,(H,10,13,14). The summed E-state index contributed by atoms with van der Waals surface area (Å²) in [6, 6.07) is -0.451. The highest BCUT2D eigenvalue weighted by atomic mass is 16.3. The summed E-state index contributed by atoms with van der Waals surface area (Å²) in [5, 5.41) is 11.0. The number of amides is 2. The molecule has 0 radical (unpaired) electrons. The minimum Gasteiger partial charge on any atom is -0.395 e. The molecule has 0 saturated carbocycles.